The Bertz CT molecular complexity index is 1480. The minimum absolute atomic E-state index is 0.163. The molecule has 1 N–H and O–H groups in total. The SMILES string of the molecule is CS(C)(OS(=O)(=O)C(F)(F)C(F)(F)C(F)(F)C(F)(F)C(F)(F)C(F)(F)C(F)(F)C(F)(F)F)c1ccc(O)c2ccccc12. The summed E-state index contributed by atoms with van der Waals surface area (Å²) < 4.78 is 258. The molecule has 0 aliphatic rings. The molecule has 0 atom stereocenters. The van der Waals surface area contributed by atoms with Gasteiger partial charge in [0.1, 0.15) is 5.75 Å². The highest BCUT2D eigenvalue weighted by molar-refractivity contribution is 8.32. The largest absolute Gasteiger partial charge is 0.507 e. The Labute approximate surface area is 230 Å². The van der Waals surface area contributed by atoms with E-state index in [9.17, 15) is 88.2 Å². The summed E-state index contributed by atoms with van der Waals surface area (Å²) in [5.74, 6) is -52.7. The quantitative estimate of drug-likeness (QED) is 0.254. The van der Waals surface area contributed by atoms with E-state index in [1.807, 2.05) is 0 Å². The van der Waals surface area contributed by atoms with Crippen molar-refractivity contribution >= 4 is 31.2 Å². The molecule has 2 aromatic carbocycles. The van der Waals surface area contributed by atoms with Gasteiger partial charge < -0.3 is 5.11 Å². The first-order chi connectivity index (χ1) is 18.7. The number of benzene rings is 2. The Hall–Kier alpha value is -2.43. The summed E-state index contributed by atoms with van der Waals surface area (Å²) in [7, 11) is -11.8. The number of phenolic OH excluding ortho intramolecular Hbond substituents is 1. The van der Waals surface area contributed by atoms with Gasteiger partial charge in [-0.25, -0.2) is 3.63 Å². The van der Waals surface area contributed by atoms with Gasteiger partial charge in [-0.15, -0.1) is 0 Å². The third kappa shape index (κ3) is 5.01. The number of aromatic hydroxyl groups is 1. The Morgan fingerprint density at radius 3 is 1.35 bits per heavy atom. The minimum Gasteiger partial charge on any atom is -0.507 e. The predicted molar refractivity (Wildman–Crippen MR) is 114 cm³/mol. The first-order valence-electron chi connectivity index (χ1n) is 10.3. The third-order valence-electron chi connectivity index (χ3n) is 5.66. The topological polar surface area (TPSA) is 63.6 Å². The summed E-state index contributed by atoms with van der Waals surface area (Å²) in [6, 6.07) is 6.21. The molecule has 0 amide bonds. The van der Waals surface area contributed by atoms with Gasteiger partial charge in [-0.05, 0) is 30.0 Å². The molecule has 0 saturated heterocycles. The fourth-order valence-corrected chi connectivity index (χ4v) is 7.27. The molecule has 0 aliphatic heterocycles. The molecule has 0 spiro atoms. The number of phenols is 1. The number of halogens is 17. The van der Waals surface area contributed by atoms with Gasteiger partial charge in [0.25, 0.3) is 0 Å². The zero-order chi connectivity index (χ0) is 34.3. The average molecular weight is 704 g/mol. The van der Waals surface area contributed by atoms with E-state index >= 15 is 0 Å². The highest BCUT2D eigenvalue weighted by atomic mass is 32.3. The summed E-state index contributed by atoms with van der Waals surface area (Å²) in [6.45, 7) is 0. The first-order valence-corrected chi connectivity index (χ1v) is 14.1. The molecular weight excluding hydrogens is 691 g/mol. The second kappa shape index (κ2) is 10.0. The zero-order valence-electron chi connectivity index (χ0n) is 20.4. The lowest BCUT2D eigenvalue weighted by molar-refractivity contribution is -0.458. The zero-order valence-corrected chi connectivity index (χ0v) is 22.0. The van der Waals surface area contributed by atoms with Gasteiger partial charge in [-0.3, -0.25) is 0 Å². The normalized spacial score (nSPS) is 16.1. The Morgan fingerprint density at radius 2 is 0.930 bits per heavy atom. The van der Waals surface area contributed by atoms with Crippen LogP contribution in [0.4, 0.5) is 74.6 Å². The maximum absolute atomic E-state index is 14.5. The highest BCUT2D eigenvalue weighted by Gasteiger charge is 2.96. The number of fused-ring (bicyclic) bond motifs is 1. The van der Waals surface area contributed by atoms with E-state index in [0.717, 1.165) is 24.3 Å². The molecular formula is C20H13F17O4S2. The fraction of sp³-hybridized carbons (Fsp3) is 0.500. The highest BCUT2D eigenvalue weighted by Crippen LogP contribution is 2.65. The Balaban J connectivity index is 2.67. The van der Waals surface area contributed by atoms with E-state index < -0.39 is 78.0 Å². The molecule has 23 heteroatoms. The predicted octanol–water partition coefficient (Wildman–Crippen LogP) is 8.20. The van der Waals surface area contributed by atoms with Crippen LogP contribution < -0.4 is 0 Å². The van der Waals surface area contributed by atoms with Gasteiger partial charge in [0.15, 0.2) is 0 Å². The van der Waals surface area contributed by atoms with E-state index in [4.69, 9.17) is 0 Å². The number of hydrogen-bond donors (Lipinski definition) is 1. The molecule has 0 unspecified atom stereocenters. The van der Waals surface area contributed by atoms with E-state index in [2.05, 4.69) is 3.63 Å². The van der Waals surface area contributed by atoms with E-state index in [1.165, 1.54) is 12.1 Å². The molecule has 0 bridgehead atoms. The molecule has 0 aromatic heterocycles. The molecule has 0 fully saturated rings. The van der Waals surface area contributed by atoms with Crippen molar-refractivity contribution in [2.24, 2.45) is 0 Å². The van der Waals surface area contributed by atoms with Crippen LogP contribution in [0.2, 0.25) is 0 Å². The van der Waals surface area contributed by atoms with Crippen molar-refractivity contribution < 1.29 is 91.8 Å². The smallest absolute Gasteiger partial charge is 0.460 e. The van der Waals surface area contributed by atoms with E-state index in [1.54, 1.807) is 0 Å². The number of rotatable bonds is 10. The van der Waals surface area contributed by atoms with Crippen molar-refractivity contribution in [3.63, 3.8) is 0 Å². The lowest BCUT2D eigenvalue weighted by Gasteiger charge is -2.42. The number of hydrogen-bond acceptors (Lipinski definition) is 4. The number of alkyl halides is 17. The average Bonchev–Trinajstić information content (AvgIpc) is 2.82. The van der Waals surface area contributed by atoms with Crippen LogP contribution in [0.1, 0.15) is 0 Å². The first kappa shape index (κ1) is 36.8. The summed E-state index contributed by atoms with van der Waals surface area (Å²) in [4.78, 5) is -0.527. The minimum atomic E-state index is -8.93. The van der Waals surface area contributed by atoms with E-state index in [-0.39, 0.29) is 10.8 Å². The van der Waals surface area contributed by atoms with Crippen molar-refractivity contribution in [2.45, 2.75) is 51.9 Å². The van der Waals surface area contributed by atoms with Crippen molar-refractivity contribution in [1.82, 2.24) is 0 Å². The molecule has 2 aromatic rings. The van der Waals surface area contributed by atoms with Crippen LogP contribution in [0.25, 0.3) is 10.8 Å². The van der Waals surface area contributed by atoms with Crippen molar-refractivity contribution in [3.8, 4) is 5.75 Å². The molecule has 2 rings (SSSR count). The molecule has 0 heterocycles. The standard InChI is InChI=1S/C20H13F17O4S2/c1-42(2,12-8-7-11(38)9-5-3-4-6-10(9)12)41-43(39,40)20(36,37)18(31,32)16(27,28)14(23,24)13(21,22)15(25,26)17(29,30)19(33,34)35/h3-8,38H,1-2H3. The summed E-state index contributed by atoms with van der Waals surface area (Å²) in [6.07, 6.45) is -6.81. The van der Waals surface area contributed by atoms with Gasteiger partial charge in [-0.2, -0.15) is 83.1 Å². The molecule has 0 saturated carbocycles. The van der Waals surface area contributed by atoms with Gasteiger partial charge >= 0.3 is 57.1 Å². The van der Waals surface area contributed by atoms with Crippen molar-refractivity contribution in [2.75, 3.05) is 12.5 Å². The second-order valence-electron chi connectivity index (χ2n) is 8.84. The third-order valence-corrected chi connectivity index (χ3v) is 10.0. The van der Waals surface area contributed by atoms with Gasteiger partial charge in [-0.1, -0.05) is 34.6 Å². The molecule has 0 aliphatic carbocycles. The molecule has 4 nitrogen and oxygen atoms in total. The van der Waals surface area contributed by atoms with Crippen LogP contribution in [0.5, 0.6) is 5.75 Å². The van der Waals surface area contributed by atoms with E-state index in [0.29, 0.717) is 12.5 Å². The Kier molecular flexibility index (Phi) is 8.58. The van der Waals surface area contributed by atoms with Crippen LogP contribution in [-0.2, 0) is 13.7 Å². The van der Waals surface area contributed by atoms with Gasteiger partial charge in [0, 0.05) is 10.3 Å². The molecule has 0 radical (unpaired) electrons. The fourth-order valence-electron chi connectivity index (χ4n) is 3.29. The van der Waals surface area contributed by atoms with Crippen molar-refractivity contribution in [3.05, 3.63) is 36.4 Å². The van der Waals surface area contributed by atoms with Crippen LogP contribution >= 0.6 is 10.3 Å². The van der Waals surface area contributed by atoms with Crippen LogP contribution in [0.3, 0.4) is 0 Å². The van der Waals surface area contributed by atoms with Crippen LogP contribution in [0.15, 0.2) is 41.3 Å². The Morgan fingerprint density at radius 1 is 0.558 bits per heavy atom. The molecule has 248 valence electrons. The summed E-state index contributed by atoms with van der Waals surface area (Å²) in [5, 5.41) is 1.67. The van der Waals surface area contributed by atoms with Crippen molar-refractivity contribution in [1.29, 1.82) is 0 Å². The van der Waals surface area contributed by atoms with Gasteiger partial charge in [0.05, 0.1) is 0 Å². The second-order valence-corrected chi connectivity index (χ2v) is 13.7. The summed E-state index contributed by atoms with van der Waals surface area (Å²) in [5.41, 5.74) is 0. The maximum atomic E-state index is 14.5. The lowest BCUT2D eigenvalue weighted by atomic mass is 9.91. The lowest BCUT2D eigenvalue weighted by Crippen LogP contribution is -2.75. The van der Waals surface area contributed by atoms with Gasteiger partial charge in [0.2, 0.25) is 0 Å². The maximum Gasteiger partial charge on any atom is 0.460 e. The van der Waals surface area contributed by atoms with Crippen LogP contribution in [-0.4, -0.2) is 73.0 Å². The monoisotopic (exact) mass is 704 g/mol. The summed E-state index contributed by atoms with van der Waals surface area (Å²) >= 11 is 0. The molecule has 43 heavy (non-hydrogen) atoms. The van der Waals surface area contributed by atoms with Crippen LogP contribution in [0, 0.1) is 0 Å².